The Morgan fingerprint density at radius 2 is 1.74 bits per heavy atom. The number of nitrogens with one attached hydrogen (secondary N) is 1. The van der Waals surface area contributed by atoms with Gasteiger partial charge in [-0.1, -0.05) is 23.7 Å². The number of anilines is 1. The molecule has 0 fully saturated rings. The third-order valence-electron chi connectivity index (χ3n) is 3.93. The lowest BCUT2D eigenvalue weighted by Crippen LogP contribution is -2.32. The van der Waals surface area contributed by atoms with Crippen molar-refractivity contribution in [2.24, 2.45) is 0 Å². The van der Waals surface area contributed by atoms with Gasteiger partial charge in [-0.2, -0.15) is 0 Å². The molecule has 0 atom stereocenters. The second-order valence-electron chi connectivity index (χ2n) is 6.14. The van der Waals surface area contributed by atoms with Crippen molar-refractivity contribution >= 4 is 33.2 Å². The Balaban J connectivity index is 1.79. The summed E-state index contributed by atoms with van der Waals surface area (Å²) in [5.74, 6) is -0.444. The molecular formula is C19H22ClFN2O3S. The fourth-order valence-corrected chi connectivity index (χ4v) is 3.65. The van der Waals surface area contributed by atoms with Gasteiger partial charge in [0, 0.05) is 24.5 Å². The first-order chi connectivity index (χ1) is 12.8. The molecule has 27 heavy (non-hydrogen) atoms. The van der Waals surface area contributed by atoms with Gasteiger partial charge >= 0.3 is 0 Å². The van der Waals surface area contributed by atoms with E-state index in [4.69, 9.17) is 11.6 Å². The number of carbonyl (C=O) groups excluding carboxylic acids is 1. The first kappa shape index (κ1) is 21.2. The summed E-state index contributed by atoms with van der Waals surface area (Å²) in [6.07, 6.45) is 2.33. The summed E-state index contributed by atoms with van der Waals surface area (Å²) in [6, 6.07) is 12.6. The van der Waals surface area contributed by atoms with E-state index >= 15 is 0 Å². The average molecular weight is 413 g/mol. The number of nitrogens with zero attached hydrogens (tertiary/aromatic N) is 1. The maximum atomic E-state index is 12.8. The summed E-state index contributed by atoms with van der Waals surface area (Å²) in [6.45, 7) is 0.642. The molecule has 0 heterocycles. The van der Waals surface area contributed by atoms with Crippen molar-refractivity contribution in [1.29, 1.82) is 0 Å². The van der Waals surface area contributed by atoms with Gasteiger partial charge in [-0.15, -0.1) is 0 Å². The Labute approximate surface area is 164 Å². The molecule has 146 valence electrons. The Kier molecular flexibility index (Phi) is 7.62. The summed E-state index contributed by atoms with van der Waals surface area (Å²) in [5.41, 5.74) is 1.45. The van der Waals surface area contributed by atoms with Crippen LogP contribution in [0.3, 0.4) is 0 Å². The van der Waals surface area contributed by atoms with Crippen LogP contribution in [-0.2, 0) is 21.2 Å². The highest BCUT2D eigenvalue weighted by molar-refractivity contribution is 7.92. The molecule has 0 bridgehead atoms. The highest BCUT2D eigenvalue weighted by Crippen LogP contribution is 2.20. The lowest BCUT2D eigenvalue weighted by molar-refractivity contribution is -0.121. The van der Waals surface area contributed by atoms with Crippen molar-refractivity contribution in [3.05, 3.63) is 64.9 Å². The molecule has 0 aliphatic heterocycles. The van der Waals surface area contributed by atoms with Gasteiger partial charge in [-0.05, 0) is 54.8 Å². The maximum Gasteiger partial charge on any atom is 0.232 e. The van der Waals surface area contributed by atoms with Crippen LogP contribution in [-0.4, -0.2) is 33.7 Å². The third kappa shape index (κ3) is 7.19. The van der Waals surface area contributed by atoms with Crippen LogP contribution in [0.1, 0.15) is 18.4 Å². The lowest BCUT2D eigenvalue weighted by atomic mass is 10.1. The van der Waals surface area contributed by atoms with E-state index in [0.717, 1.165) is 11.8 Å². The minimum Gasteiger partial charge on any atom is -0.356 e. The number of hydrogen-bond donors (Lipinski definition) is 1. The second-order valence-corrected chi connectivity index (χ2v) is 8.48. The number of amides is 1. The molecule has 2 aromatic rings. The maximum absolute atomic E-state index is 12.8. The van der Waals surface area contributed by atoms with Crippen molar-refractivity contribution in [3.8, 4) is 0 Å². The van der Waals surface area contributed by atoms with Crippen LogP contribution in [0.25, 0.3) is 0 Å². The normalized spacial score (nSPS) is 11.2. The first-order valence-electron chi connectivity index (χ1n) is 8.50. The zero-order chi connectivity index (χ0) is 19.9. The Morgan fingerprint density at radius 3 is 2.33 bits per heavy atom. The molecule has 0 unspecified atom stereocenters. The molecule has 2 aromatic carbocycles. The Morgan fingerprint density at radius 1 is 1.11 bits per heavy atom. The standard InChI is InChI=1S/C19H22ClFN2O3S/c1-27(25,26)23(18-10-6-16(20)7-11-18)14-2-3-19(24)22-13-12-15-4-8-17(21)9-5-15/h4-11H,2-3,12-14H2,1H3,(H,22,24). The minimum atomic E-state index is -3.46. The van der Waals surface area contributed by atoms with Gasteiger partial charge in [0.1, 0.15) is 5.82 Å². The minimum absolute atomic E-state index is 0.151. The van der Waals surface area contributed by atoms with E-state index < -0.39 is 10.0 Å². The van der Waals surface area contributed by atoms with Crippen LogP contribution >= 0.6 is 11.6 Å². The van der Waals surface area contributed by atoms with E-state index in [2.05, 4.69) is 5.32 Å². The van der Waals surface area contributed by atoms with Gasteiger partial charge in [-0.3, -0.25) is 9.10 Å². The number of rotatable bonds is 9. The fraction of sp³-hybridized carbons (Fsp3) is 0.316. The zero-order valence-corrected chi connectivity index (χ0v) is 16.6. The number of halogens is 2. The van der Waals surface area contributed by atoms with Gasteiger partial charge in [-0.25, -0.2) is 12.8 Å². The number of benzene rings is 2. The predicted molar refractivity (Wildman–Crippen MR) is 106 cm³/mol. The molecular weight excluding hydrogens is 391 g/mol. The van der Waals surface area contributed by atoms with Crippen LogP contribution in [0.15, 0.2) is 48.5 Å². The molecule has 5 nitrogen and oxygen atoms in total. The second kappa shape index (κ2) is 9.71. The monoisotopic (exact) mass is 412 g/mol. The van der Waals surface area contributed by atoms with Crippen molar-refractivity contribution in [1.82, 2.24) is 5.32 Å². The summed E-state index contributed by atoms with van der Waals surface area (Å²) in [7, 11) is -3.46. The third-order valence-corrected chi connectivity index (χ3v) is 5.38. The van der Waals surface area contributed by atoms with Crippen LogP contribution in [0.5, 0.6) is 0 Å². The average Bonchev–Trinajstić information content (AvgIpc) is 2.60. The molecule has 2 rings (SSSR count). The summed E-state index contributed by atoms with van der Waals surface area (Å²) in [4.78, 5) is 11.9. The van der Waals surface area contributed by atoms with Gasteiger partial charge < -0.3 is 5.32 Å². The predicted octanol–water partition coefficient (Wildman–Crippen LogP) is 3.38. The molecule has 1 amide bonds. The molecule has 0 spiro atoms. The molecule has 0 radical (unpaired) electrons. The van der Waals surface area contributed by atoms with Gasteiger partial charge in [0.25, 0.3) is 0 Å². The molecule has 0 aliphatic carbocycles. The van der Waals surface area contributed by atoms with Crippen LogP contribution in [0.2, 0.25) is 5.02 Å². The Hall–Kier alpha value is -2.12. The zero-order valence-electron chi connectivity index (χ0n) is 15.0. The molecule has 1 N–H and O–H groups in total. The van der Waals surface area contributed by atoms with Gasteiger partial charge in [0.15, 0.2) is 0 Å². The summed E-state index contributed by atoms with van der Waals surface area (Å²) < 4.78 is 38.1. The van der Waals surface area contributed by atoms with Gasteiger partial charge in [0.2, 0.25) is 15.9 Å². The molecule has 8 heteroatoms. The Bertz CT molecular complexity index is 856. The van der Waals surface area contributed by atoms with Crippen molar-refractivity contribution in [2.45, 2.75) is 19.3 Å². The lowest BCUT2D eigenvalue weighted by Gasteiger charge is -2.22. The van der Waals surface area contributed by atoms with Crippen molar-refractivity contribution in [3.63, 3.8) is 0 Å². The van der Waals surface area contributed by atoms with Crippen LogP contribution < -0.4 is 9.62 Å². The smallest absolute Gasteiger partial charge is 0.232 e. The van der Waals surface area contributed by atoms with Crippen molar-refractivity contribution in [2.75, 3.05) is 23.7 Å². The van der Waals surface area contributed by atoms with Gasteiger partial charge in [0.05, 0.1) is 11.9 Å². The quantitative estimate of drug-likeness (QED) is 0.686. The molecule has 0 saturated heterocycles. The van der Waals surface area contributed by atoms with E-state index in [1.54, 1.807) is 36.4 Å². The topological polar surface area (TPSA) is 66.5 Å². The highest BCUT2D eigenvalue weighted by Gasteiger charge is 2.17. The van der Waals surface area contributed by atoms with E-state index in [1.165, 1.54) is 16.4 Å². The largest absolute Gasteiger partial charge is 0.356 e. The van der Waals surface area contributed by atoms with E-state index in [-0.39, 0.29) is 24.7 Å². The highest BCUT2D eigenvalue weighted by atomic mass is 35.5. The fourth-order valence-electron chi connectivity index (χ4n) is 2.56. The van der Waals surface area contributed by atoms with Crippen molar-refractivity contribution < 1.29 is 17.6 Å². The number of hydrogen-bond acceptors (Lipinski definition) is 3. The van der Waals surface area contributed by atoms with E-state index in [1.807, 2.05) is 0 Å². The summed E-state index contributed by atoms with van der Waals surface area (Å²) >= 11 is 5.84. The van der Waals surface area contributed by atoms with E-state index in [9.17, 15) is 17.6 Å². The van der Waals surface area contributed by atoms with Crippen LogP contribution in [0, 0.1) is 5.82 Å². The molecule has 0 saturated carbocycles. The summed E-state index contributed by atoms with van der Waals surface area (Å²) in [5, 5.41) is 3.31. The molecule has 0 aromatic heterocycles. The number of sulfonamides is 1. The number of carbonyl (C=O) groups is 1. The molecule has 0 aliphatic rings. The van der Waals surface area contributed by atoms with Crippen LogP contribution in [0.4, 0.5) is 10.1 Å². The SMILES string of the molecule is CS(=O)(=O)N(CCCC(=O)NCCc1ccc(F)cc1)c1ccc(Cl)cc1. The van der Waals surface area contributed by atoms with E-state index in [0.29, 0.717) is 30.1 Å². The first-order valence-corrected chi connectivity index (χ1v) is 10.7.